The minimum atomic E-state index is -0.337. The van der Waals surface area contributed by atoms with Gasteiger partial charge in [-0.3, -0.25) is 9.78 Å². The zero-order valence-electron chi connectivity index (χ0n) is 31.4. The van der Waals surface area contributed by atoms with E-state index in [4.69, 9.17) is 9.97 Å². The van der Waals surface area contributed by atoms with E-state index in [1.54, 1.807) is 17.7 Å². The normalized spacial score (nSPS) is 12.7. The van der Waals surface area contributed by atoms with Crippen LogP contribution in [-0.4, -0.2) is 20.9 Å². The van der Waals surface area contributed by atoms with E-state index in [0.717, 1.165) is 52.5 Å². The minimum absolute atomic E-state index is 0. The monoisotopic (exact) mass is 884 g/mol. The zero-order chi connectivity index (χ0) is 35.9. The Bertz CT molecular complexity index is 2190. The van der Waals surface area contributed by atoms with Crippen molar-refractivity contribution < 1.29 is 30.0 Å². The fraction of sp³-hybridized carbons (Fsp3) is 0.419. The third-order valence-corrected chi connectivity index (χ3v) is 13.3. The first-order chi connectivity index (χ1) is 23.1. The fourth-order valence-corrected chi connectivity index (χ4v) is 8.54. The van der Waals surface area contributed by atoms with Gasteiger partial charge in [-0.25, -0.2) is 4.98 Å². The van der Waals surface area contributed by atoms with Crippen LogP contribution in [0.5, 0.6) is 0 Å². The second kappa shape index (κ2) is 15.3. The topological polar surface area (TPSA) is 63.1 Å². The van der Waals surface area contributed by atoms with E-state index in [1.165, 1.54) is 47.6 Å². The maximum Gasteiger partial charge on any atom is 0.164 e. The first-order valence-corrected chi connectivity index (χ1v) is 19.2. The zero-order valence-corrected chi connectivity index (χ0v) is 35.5. The van der Waals surface area contributed by atoms with Crippen LogP contribution in [-0.2, 0) is 30.3 Å². The molecule has 0 aliphatic carbocycles. The summed E-state index contributed by atoms with van der Waals surface area (Å²) in [5.41, 5.74) is 5.18. The van der Waals surface area contributed by atoms with Gasteiger partial charge in [0.15, 0.2) is 5.78 Å². The smallest absolute Gasteiger partial charge is 0.164 e. The molecule has 6 rings (SSSR count). The Balaban J connectivity index is 0.000000269. The van der Waals surface area contributed by atoms with Crippen LogP contribution in [0.25, 0.3) is 52.4 Å². The van der Waals surface area contributed by atoms with Crippen molar-refractivity contribution in [3.63, 3.8) is 0 Å². The Labute approximate surface area is 319 Å². The molecule has 267 valence electrons. The third kappa shape index (κ3) is 7.48. The van der Waals surface area contributed by atoms with E-state index in [-0.39, 0.29) is 47.9 Å². The molecule has 0 saturated heterocycles. The number of aryl methyl sites for hydroxylation is 2. The maximum atomic E-state index is 12.2. The molecule has 3 heterocycles. The van der Waals surface area contributed by atoms with Crippen LogP contribution in [0.15, 0.2) is 60.6 Å². The Kier molecular flexibility index (Phi) is 12.2. The predicted octanol–water partition coefficient (Wildman–Crippen LogP) is 13.2. The molecule has 0 aliphatic rings. The molecule has 0 amide bonds. The van der Waals surface area contributed by atoms with E-state index in [0.29, 0.717) is 0 Å². The predicted molar refractivity (Wildman–Crippen MR) is 213 cm³/mol. The molecule has 0 fully saturated rings. The Morgan fingerprint density at radius 1 is 0.820 bits per heavy atom. The number of nitrogens with zero attached hydrogens (tertiary/aromatic N) is 2. The molecule has 50 heavy (non-hydrogen) atoms. The van der Waals surface area contributed by atoms with Crippen LogP contribution in [0.2, 0.25) is 0 Å². The molecule has 1 radical (unpaired) electrons. The molecule has 0 bridgehead atoms. The van der Waals surface area contributed by atoms with Gasteiger partial charge < -0.3 is 5.11 Å². The summed E-state index contributed by atoms with van der Waals surface area (Å²) in [6.07, 6.45) is 6.46. The van der Waals surface area contributed by atoms with E-state index in [1.807, 2.05) is 52.9 Å². The number of ketones is 1. The van der Waals surface area contributed by atoms with Gasteiger partial charge in [-0.15, -0.1) is 51.8 Å². The van der Waals surface area contributed by atoms with Crippen LogP contribution in [0.1, 0.15) is 104 Å². The quantitative estimate of drug-likeness (QED) is 0.0940. The first-order valence-electron chi connectivity index (χ1n) is 17.6. The summed E-state index contributed by atoms with van der Waals surface area (Å²) in [5.74, 6) is 0.286. The molecule has 3 aromatic carbocycles. The summed E-state index contributed by atoms with van der Waals surface area (Å²) in [7, 11) is 0. The Morgan fingerprint density at radius 2 is 1.42 bits per heavy atom. The van der Waals surface area contributed by atoms with Crippen molar-refractivity contribution in [1.82, 2.24) is 9.97 Å². The van der Waals surface area contributed by atoms with Gasteiger partial charge in [0.25, 0.3) is 0 Å². The van der Waals surface area contributed by atoms with Gasteiger partial charge in [0.2, 0.25) is 0 Å². The van der Waals surface area contributed by atoms with E-state index in [9.17, 15) is 9.90 Å². The van der Waals surface area contributed by atoms with Crippen molar-refractivity contribution in [2.24, 2.45) is 10.8 Å². The number of carbonyl (C=O) groups excluding carboxylic acids is 1. The van der Waals surface area contributed by atoms with Crippen LogP contribution in [0.3, 0.4) is 0 Å². The van der Waals surface area contributed by atoms with Gasteiger partial charge in [0, 0.05) is 67.1 Å². The molecule has 6 aromatic rings. The van der Waals surface area contributed by atoms with Crippen molar-refractivity contribution in [2.45, 2.75) is 107 Å². The van der Waals surface area contributed by atoms with E-state index in [2.05, 4.69) is 83.1 Å². The molecule has 4 nitrogen and oxygen atoms in total. The number of hydrogen-bond donors (Lipinski definition) is 1. The molecular weight excluding hydrogens is 833 g/mol. The largest absolute Gasteiger partial charge is 0.512 e. The number of allylic oxidation sites excluding steroid dienone is 2. The summed E-state index contributed by atoms with van der Waals surface area (Å²) in [6, 6.07) is 19.1. The van der Waals surface area contributed by atoms with Crippen molar-refractivity contribution in [3.8, 4) is 11.3 Å². The standard InChI is InChI=1S/C28H23N2S2.C15H28O2.Ir/c1-15-16(2)31-23-13-21-24(12-20(15)23)32-27-25(29-14-30-26(21)27)18-10-17-8-6-7-9-19(17)22(11-18)28(3,4)5;1-7-14(5,8-2)12(16)11-13(17)15(6,9-3)10-4;/h6-9,11-14H,1-5H3;11,16H,7-10H2,1-6H3;/q-1;;/b;12-11-;. The molecular formula is C43H51IrN2O2S2-. The van der Waals surface area contributed by atoms with Gasteiger partial charge >= 0.3 is 0 Å². The molecule has 7 heteroatoms. The van der Waals surface area contributed by atoms with E-state index >= 15 is 0 Å². The second-order valence-electron chi connectivity index (χ2n) is 15.0. The molecule has 0 spiro atoms. The number of fused-ring (bicyclic) bond motifs is 5. The minimum Gasteiger partial charge on any atom is -0.512 e. The number of benzene rings is 3. The SMILES string of the molecule is CCC(C)(CC)C(=O)/C=C(\O)C(C)(CC)CC.Cc1sc2cc3c(cc2c1C)sc1c(-c2[c-]c4ccccc4c(C(C)(C)C)c2)ncnc13.[Ir]. The summed E-state index contributed by atoms with van der Waals surface area (Å²) in [5, 5.41) is 15.1. The molecule has 0 saturated carbocycles. The van der Waals surface area contributed by atoms with Crippen molar-refractivity contribution >= 4 is 69.6 Å². The van der Waals surface area contributed by atoms with E-state index < -0.39 is 0 Å². The average molecular weight is 884 g/mol. The van der Waals surface area contributed by atoms with Crippen LogP contribution >= 0.6 is 22.7 Å². The summed E-state index contributed by atoms with van der Waals surface area (Å²) in [4.78, 5) is 23.0. The summed E-state index contributed by atoms with van der Waals surface area (Å²) in [6.45, 7) is 23.3. The molecule has 0 atom stereocenters. The molecule has 0 aliphatic heterocycles. The van der Waals surface area contributed by atoms with Gasteiger partial charge in [0.1, 0.15) is 12.1 Å². The first kappa shape index (κ1) is 39.8. The van der Waals surface area contributed by atoms with Gasteiger partial charge in [-0.2, -0.15) is 0 Å². The van der Waals surface area contributed by atoms with Crippen molar-refractivity contribution in [1.29, 1.82) is 0 Å². The van der Waals surface area contributed by atoms with Gasteiger partial charge in [-0.1, -0.05) is 91.5 Å². The summed E-state index contributed by atoms with van der Waals surface area (Å²) >= 11 is 3.66. The fourth-order valence-electron chi connectivity index (χ4n) is 6.26. The third-order valence-electron chi connectivity index (χ3n) is 11.0. The molecule has 3 aromatic heterocycles. The second-order valence-corrected chi connectivity index (χ2v) is 17.3. The van der Waals surface area contributed by atoms with Crippen molar-refractivity contribution in [3.05, 3.63) is 82.7 Å². The summed E-state index contributed by atoms with van der Waals surface area (Å²) < 4.78 is 3.74. The van der Waals surface area contributed by atoms with Crippen LogP contribution < -0.4 is 0 Å². The number of hydrogen-bond acceptors (Lipinski definition) is 6. The van der Waals surface area contributed by atoms with Gasteiger partial charge in [-0.05, 0) is 68.0 Å². The molecule has 1 N–H and O–H groups in total. The van der Waals surface area contributed by atoms with Gasteiger partial charge in [0.05, 0.1) is 5.52 Å². The number of aliphatic hydroxyl groups excluding tert-OH is 1. The maximum absolute atomic E-state index is 12.2. The molecule has 0 unspecified atom stereocenters. The number of rotatable bonds is 8. The van der Waals surface area contributed by atoms with Crippen LogP contribution in [0.4, 0.5) is 0 Å². The Hall–Kier alpha value is -2.96. The number of aromatic nitrogens is 2. The number of thiophene rings is 2. The van der Waals surface area contributed by atoms with Crippen molar-refractivity contribution in [2.75, 3.05) is 0 Å². The van der Waals surface area contributed by atoms with Crippen LogP contribution in [0, 0.1) is 30.7 Å². The number of carbonyl (C=O) groups is 1. The number of aliphatic hydroxyl groups is 1. The Morgan fingerprint density at radius 3 is 2.04 bits per heavy atom. The average Bonchev–Trinajstić information content (AvgIpc) is 3.60.